The number of thiocarbonyl (C=S) groups is 1. The smallest absolute Gasteiger partial charge is 0.127 e. The van der Waals surface area contributed by atoms with E-state index in [1.807, 2.05) is 38.1 Å². The number of nitrogens with one attached hydrogen (secondary N) is 1. The zero-order valence-electron chi connectivity index (χ0n) is 8.54. The lowest BCUT2D eigenvalue weighted by Gasteiger charge is -2.13. The van der Waals surface area contributed by atoms with E-state index in [0.29, 0.717) is 0 Å². The van der Waals surface area contributed by atoms with Crippen molar-refractivity contribution in [1.29, 1.82) is 0 Å². The lowest BCUT2D eigenvalue weighted by atomic mass is 10.1. The van der Waals surface area contributed by atoms with Crippen molar-refractivity contribution in [2.45, 2.75) is 19.5 Å². The lowest BCUT2D eigenvalue weighted by Crippen LogP contribution is -2.35. The van der Waals surface area contributed by atoms with Gasteiger partial charge in [0.2, 0.25) is 0 Å². The van der Waals surface area contributed by atoms with E-state index in [9.17, 15) is 0 Å². The van der Waals surface area contributed by atoms with Crippen molar-refractivity contribution in [3.8, 4) is 0 Å². The van der Waals surface area contributed by atoms with E-state index >= 15 is 0 Å². The summed E-state index contributed by atoms with van der Waals surface area (Å²) in [5.41, 5.74) is 1.66. The number of halogens is 1. The fourth-order valence-corrected chi connectivity index (χ4v) is 2.18. The average molecular weight is 283 g/mol. The van der Waals surface area contributed by atoms with Crippen LogP contribution in [-0.4, -0.2) is 16.4 Å². The maximum absolute atomic E-state index is 5.25. The molecule has 1 aromatic carbocycles. The molecule has 0 radical (unpaired) electrons. The Morgan fingerprint density at radius 1 is 1.27 bits per heavy atom. The van der Waals surface area contributed by atoms with Crippen molar-refractivity contribution < 1.29 is 0 Å². The third-order valence-electron chi connectivity index (χ3n) is 2.14. The van der Waals surface area contributed by atoms with Crippen molar-refractivity contribution in [3.05, 3.63) is 34.3 Å². The van der Waals surface area contributed by atoms with Gasteiger partial charge in [0.15, 0.2) is 0 Å². The van der Waals surface area contributed by atoms with Crippen LogP contribution in [0.15, 0.2) is 33.7 Å². The van der Waals surface area contributed by atoms with Gasteiger partial charge in [-0.2, -0.15) is 0 Å². The van der Waals surface area contributed by atoms with Gasteiger partial charge in [0.1, 0.15) is 16.4 Å². The Labute approximate surface area is 103 Å². The molecule has 1 aromatic rings. The molecule has 0 bridgehead atoms. The highest BCUT2D eigenvalue weighted by molar-refractivity contribution is 9.10. The van der Waals surface area contributed by atoms with Crippen molar-refractivity contribution in [2.24, 2.45) is 4.99 Å². The van der Waals surface area contributed by atoms with E-state index in [0.717, 1.165) is 20.7 Å². The standard InChI is InChI=1S/C11H11BrN2S/c1-11(2)13-9(10(15)14-11)7-3-5-8(12)6-4-7/h3-6H,1-2H3,(H,14,15). The van der Waals surface area contributed by atoms with Gasteiger partial charge in [0.25, 0.3) is 0 Å². The van der Waals surface area contributed by atoms with Crippen LogP contribution in [0.25, 0.3) is 0 Å². The Morgan fingerprint density at radius 3 is 2.33 bits per heavy atom. The van der Waals surface area contributed by atoms with E-state index in [-0.39, 0.29) is 5.66 Å². The van der Waals surface area contributed by atoms with Gasteiger partial charge in [0.05, 0.1) is 0 Å². The molecule has 0 amide bonds. The van der Waals surface area contributed by atoms with Crippen LogP contribution in [0.4, 0.5) is 0 Å². The van der Waals surface area contributed by atoms with Crippen molar-refractivity contribution >= 4 is 38.8 Å². The minimum Gasteiger partial charge on any atom is -0.351 e. The Kier molecular flexibility index (Phi) is 2.64. The second kappa shape index (κ2) is 3.68. The number of hydrogen-bond acceptors (Lipinski definition) is 2. The molecular weight excluding hydrogens is 272 g/mol. The molecule has 0 aliphatic carbocycles. The summed E-state index contributed by atoms with van der Waals surface area (Å²) in [6.45, 7) is 4.01. The predicted molar refractivity (Wildman–Crippen MR) is 70.5 cm³/mol. The Morgan fingerprint density at radius 2 is 1.87 bits per heavy atom. The Balaban J connectivity index is 2.40. The van der Waals surface area contributed by atoms with E-state index in [1.54, 1.807) is 0 Å². The summed E-state index contributed by atoms with van der Waals surface area (Å²) in [4.78, 5) is 5.27. The molecule has 0 aromatic heterocycles. The highest BCUT2D eigenvalue weighted by Gasteiger charge is 2.28. The summed E-state index contributed by atoms with van der Waals surface area (Å²) in [6, 6.07) is 8.01. The van der Waals surface area contributed by atoms with Gasteiger partial charge < -0.3 is 5.32 Å². The van der Waals surface area contributed by atoms with Crippen LogP contribution >= 0.6 is 28.1 Å². The summed E-state index contributed by atoms with van der Waals surface area (Å²) < 4.78 is 1.06. The van der Waals surface area contributed by atoms with Gasteiger partial charge in [-0.1, -0.05) is 40.3 Å². The van der Waals surface area contributed by atoms with Gasteiger partial charge in [-0.3, -0.25) is 4.99 Å². The Bertz CT molecular complexity index is 434. The van der Waals surface area contributed by atoms with Crippen molar-refractivity contribution in [1.82, 2.24) is 5.32 Å². The molecular formula is C11H11BrN2S. The lowest BCUT2D eigenvalue weighted by molar-refractivity contribution is 0.506. The number of aliphatic imine (C=N–C) groups is 1. The number of nitrogens with zero attached hydrogens (tertiary/aromatic N) is 1. The molecule has 2 rings (SSSR count). The first-order valence-electron chi connectivity index (χ1n) is 4.66. The fourth-order valence-electron chi connectivity index (χ4n) is 1.50. The molecule has 2 nitrogen and oxygen atoms in total. The highest BCUT2D eigenvalue weighted by Crippen LogP contribution is 2.18. The van der Waals surface area contributed by atoms with Crippen molar-refractivity contribution in [2.75, 3.05) is 0 Å². The minimum absolute atomic E-state index is 0.278. The summed E-state index contributed by atoms with van der Waals surface area (Å²) in [5.74, 6) is 0. The maximum atomic E-state index is 5.25. The molecule has 4 heteroatoms. The summed E-state index contributed by atoms with van der Waals surface area (Å²) in [7, 11) is 0. The first-order valence-corrected chi connectivity index (χ1v) is 5.86. The van der Waals surface area contributed by atoms with Crippen LogP contribution in [0.5, 0.6) is 0 Å². The molecule has 15 heavy (non-hydrogen) atoms. The van der Waals surface area contributed by atoms with E-state index in [1.165, 1.54) is 0 Å². The zero-order valence-corrected chi connectivity index (χ0v) is 10.9. The van der Waals surface area contributed by atoms with Gasteiger partial charge in [-0.15, -0.1) is 0 Å². The quantitative estimate of drug-likeness (QED) is 0.801. The number of benzene rings is 1. The molecule has 0 unspecified atom stereocenters. The Hall–Kier alpha value is -0.740. The normalized spacial score (nSPS) is 18.6. The van der Waals surface area contributed by atoms with Gasteiger partial charge in [-0.25, -0.2) is 0 Å². The monoisotopic (exact) mass is 282 g/mol. The number of rotatable bonds is 1. The number of hydrogen-bond donors (Lipinski definition) is 1. The van der Waals surface area contributed by atoms with E-state index in [4.69, 9.17) is 12.2 Å². The summed E-state index contributed by atoms with van der Waals surface area (Å²) >= 11 is 8.65. The van der Waals surface area contributed by atoms with Crippen LogP contribution in [0, 0.1) is 0 Å². The molecule has 0 atom stereocenters. The van der Waals surface area contributed by atoms with Crippen molar-refractivity contribution in [3.63, 3.8) is 0 Å². The van der Waals surface area contributed by atoms with E-state index in [2.05, 4.69) is 26.2 Å². The molecule has 1 aliphatic heterocycles. The largest absolute Gasteiger partial charge is 0.351 e. The highest BCUT2D eigenvalue weighted by atomic mass is 79.9. The summed E-state index contributed by atoms with van der Waals surface area (Å²) in [5, 5.41) is 3.17. The van der Waals surface area contributed by atoms with Gasteiger partial charge in [-0.05, 0) is 26.0 Å². The second-order valence-electron chi connectivity index (χ2n) is 3.98. The molecule has 1 heterocycles. The summed E-state index contributed by atoms with van der Waals surface area (Å²) in [6.07, 6.45) is 0. The van der Waals surface area contributed by atoms with Gasteiger partial charge in [0, 0.05) is 10.0 Å². The molecule has 0 spiro atoms. The third-order valence-corrected chi connectivity index (χ3v) is 2.97. The molecule has 78 valence electrons. The fraction of sp³-hybridized carbons (Fsp3) is 0.273. The first kappa shape index (κ1) is 10.8. The van der Waals surface area contributed by atoms with Crippen LogP contribution in [-0.2, 0) is 0 Å². The molecule has 1 N–H and O–H groups in total. The maximum Gasteiger partial charge on any atom is 0.127 e. The van der Waals surface area contributed by atoms with Crippen LogP contribution in [0.3, 0.4) is 0 Å². The minimum atomic E-state index is -0.278. The second-order valence-corrected chi connectivity index (χ2v) is 5.30. The van der Waals surface area contributed by atoms with E-state index < -0.39 is 0 Å². The predicted octanol–water partition coefficient (Wildman–Crippen LogP) is 2.90. The first-order chi connectivity index (χ1) is 6.98. The molecule has 0 fully saturated rings. The molecule has 0 saturated carbocycles. The average Bonchev–Trinajstić information content (AvgIpc) is 2.41. The topological polar surface area (TPSA) is 24.4 Å². The zero-order chi connectivity index (χ0) is 11.1. The molecule has 0 saturated heterocycles. The molecule has 1 aliphatic rings. The van der Waals surface area contributed by atoms with Crippen LogP contribution in [0.2, 0.25) is 0 Å². The third kappa shape index (κ3) is 2.26. The van der Waals surface area contributed by atoms with Crippen LogP contribution < -0.4 is 5.32 Å². The van der Waals surface area contributed by atoms with Crippen LogP contribution in [0.1, 0.15) is 19.4 Å². The van der Waals surface area contributed by atoms with Gasteiger partial charge >= 0.3 is 0 Å². The SMILES string of the molecule is CC1(C)N=C(c2ccc(Br)cc2)C(=S)N1.